The first kappa shape index (κ1) is 112. The average Bonchev–Trinajstić information content (AvgIpc) is 1.68. The molecule has 0 atom stereocenters. The quantitative estimate of drug-likeness (QED) is 0.161. The molecule has 12 aromatic rings. The fourth-order valence-electron chi connectivity index (χ4n) is 9.88. The molecule has 0 amide bonds. The molecule has 0 unspecified atom stereocenters. The van der Waals surface area contributed by atoms with E-state index in [0.717, 1.165) is 68.3 Å². The second-order valence-corrected chi connectivity index (χ2v) is 23.9. The van der Waals surface area contributed by atoms with Crippen molar-refractivity contribution in [2.24, 2.45) is 11.8 Å². The molecule has 0 saturated carbocycles. The summed E-state index contributed by atoms with van der Waals surface area (Å²) in [6.07, 6.45) is 8.46. The molecule has 1 aliphatic heterocycles. The lowest BCUT2D eigenvalue weighted by atomic mass is 9.93. The monoisotopic (exact) mass is 1520 g/mol. The predicted octanol–water partition coefficient (Wildman–Crippen LogP) is 33.3. The molecule has 0 spiro atoms. The van der Waals surface area contributed by atoms with Crippen molar-refractivity contribution in [3.63, 3.8) is 0 Å². The fourth-order valence-corrected chi connectivity index (χ4v) is 9.88. The molecule has 14 rings (SSSR count). The summed E-state index contributed by atoms with van der Waals surface area (Å²) in [6, 6.07) is 53.6. The number of para-hydroxylation sites is 4. The number of hydrogen-bond donors (Lipinski definition) is 2. The van der Waals surface area contributed by atoms with Crippen LogP contribution in [-0.2, 0) is 12.8 Å². The Morgan fingerprint density at radius 2 is 0.873 bits per heavy atom. The lowest BCUT2D eigenvalue weighted by Gasteiger charge is -2.12. The number of H-pyrrole nitrogens is 2. The van der Waals surface area contributed by atoms with Crippen LogP contribution >= 0.6 is 0 Å². The average molecular weight is 1520 g/mol. The summed E-state index contributed by atoms with van der Waals surface area (Å²) in [5, 5.41) is 17.8. The normalized spacial score (nSPS) is 10.2. The van der Waals surface area contributed by atoms with E-state index in [1.807, 2.05) is 283 Å². The first-order chi connectivity index (χ1) is 53.4. The van der Waals surface area contributed by atoms with Gasteiger partial charge in [-0.3, -0.25) is 10.2 Å². The summed E-state index contributed by atoms with van der Waals surface area (Å²) in [6.45, 7) is 82.8. The van der Waals surface area contributed by atoms with Gasteiger partial charge in [-0.25, -0.2) is 9.97 Å². The van der Waals surface area contributed by atoms with Gasteiger partial charge in [0.25, 0.3) is 0 Å². The van der Waals surface area contributed by atoms with Crippen LogP contribution in [0, 0.1) is 11.8 Å². The van der Waals surface area contributed by atoms with Crippen molar-refractivity contribution in [1.82, 2.24) is 34.8 Å². The van der Waals surface area contributed by atoms with Crippen LogP contribution in [0.4, 0.5) is 0 Å². The molecule has 6 aromatic carbocycles. The number of imidazole rings is 1. The molecule has 110 heavy (non-hydrogen) atoms. The van der Waals surface area contributed by atoms with Crippen molar-refractivity contribution < 1.29 is 18.3 Å². The second-order valence-electron chi connectivity index (χ2n) is 23.9. The number of furan rings is 1. The topological polar surface area (TPSA) is 132 Å². The Morgan fingerprint density at radius 3 is 1.37 bits per heavy atom. The third-order valence-electron chi connectivity index (χ3n) is 15.1. The highest BCUT2D eigenvalue weighted by Gasteiger charge is 2.23. The Kier molecular flexibility index (Phi) is 73.7. The predicted molar refractivity (Wildman–Crippen MR) is 494 cm³/mol. The molecule has 11 heteroatoms. The fraction of sp³-hybridized carbons (Fsp3) is 0.515. The summed E-state index contributed by atoms with van der Waals surface area (Å²) < 4.78 is 23.8. The van der Waals surface area contributed by atoms with E-state index < -0.39 is 0 Å². The summed E-state index contributed by atoms with van der Waals surface area (Å²) >= 11 is 0. The highest BCUT2D eigenvalue weighted by molar-refractivity contribution is 5.82. The summed E-state index contributed by atoms with van der Waals surface area (Å²) in [7, 11) is 0. The van der Waals surface area contributed by atoms with Gasteiger partial charge in [0.05, 0.1) is 17.2 Å². The van der Waals surface area contributed by atoms with E-state index in [4.69, 9.17) is 18.3 Å². The Labute approximate surface area is 675 Å². The molecule has 620 valence electrons. The van der Waals surface area contributed by atoms with Crippen LogP contribution in [0.1, 0.15) is 358 Å². The molecule has 0 fully saturated rings. The maximum Gasteiger partial charge on any atom is 0.231 e. The van der Waals surface area contributed by atoms with Crippen molar-refractivity contribution in [2.75, 3.05) is 6.79 Å². The third-order valence-corrected chi connectivity index (χ3v) is 15.1. The highest BCUT2D eigenvalue weighted by atomic mass is 16.7. The standard InChI is InChI=1S/C12H16.C11H12O.3C10H12N2.C10H11NO.C10H12O2.13C2H6/c1-9(2)12-7-10-5-3-4-6-11(10)8-12;1-8(2)11-7-9-5-3-4-6-10(9)12-11;1-7(2)8-3-4-10-9(5-8)6-11-12-10;1-8(2)9-7-11-10-5-3-4-6-12(9)10;1-7(2)10-8-5-3-4-6-9(8)11-12-10;1-7(2)10-11-8-5-3-4-6-9(8)12-10;1-7(2)8-3-4-9-10(5-8)12-6-11-9;13*1-2/h3-6,9,12H,7-8H2,1-2H3;3-8H,1-2H3;3-7H,1-2H3,(H,11,12);3-8H,1-2H3;3-7H,1-2H3,(H,11,12);3-7H,1-2H3;3-5,7H,6H2,1-2H3;13*1-2H3. The number of hydrogen-bond acceptors (Lipinski definition) is 8. The Balaban J connectivity index is -0.000000273. The highest BCUT2D eigenvalue weighted by Crippen LogP contribution is 2.35. The first-order valence-electron chi connectivity index (χ1n) is 43.0. The van der Waals surface area contributed by atoms with Crippen LogP contribution in [0.5, 0.6) is 11.5 Å². The third kappa shape index (κ3) is 40.5. The molecule has 7 heterocycles. The number of fused-ring (bicyclic) bond motifs is 7. The molecule has 2 aliphatic rings. The van der Waals surface area contributed by atoms with Gasteiger partial charge in [-0.15, -0.1) is 0 Å². The molecule has 6 aromatic heterocycles. The number of oxazole rings is 1. The van der Waals surface area contributed by atoms with Gasteiger partial charge in [0.1, 0.15) is 22.5 Å². The van der Waals surface area contributed by atoms with Crippen LogP contribution < -0.4 is 9.47 Å². The lowest BCUT2D eigenvalue weighted by molar-refractivity contribution is 0.174. The smallest absolute Gasteiger partial charge is 0.231 e. The molecule has 0 saturated heterocycles. The number of pyridine rings is 1. The van der Waals surface area contributed by atoms with Gasteiger partial charge in [-0.2, -0.15) is 10.2 Å². The van der Waals surface area contributed by atoms with E-state index in [1.54, 1.807) is 11.1 Å². The largest absolute Gasteiger partial charge is 0.461 e. The van der Waals surface area contributed by atoms with Crippen LogP contribution in [-0.4, -0.2) is 41.6 Å². The summed E-state index contributed by atoms with van der Waals surface area (Å²) in [4.78, 5) is 8.65. The lowest BCUT2D eigenvalue weighted by Crippen LogP contribution is -2.07. The van der Waals surface area contributed by atoms with Gasteiger partial charge in [0.15, 0.2) is 23.0 Å². The molecule has 2 N–H and O–H groups in total. The van der Waals surface area contributed by atoms with E-state index >= 15 is 0 Å². The second kappa shape index (κ2) is 72.1. The van der Waals surface area contributed by atoms with Crippen molar-refractivity contribution in [2.45, 2.75) is 325 Å². The number of rotatable bonds is 7. The van der Waals surface area contributed by atoms with Crippen LogP contribution in [0.2, 0.25) is 0 Å². The van der Waals surface area contributed by atoms with Crippen molar-refractivity contribution in [1.29, 1.82) is 0 Å². The molecule has 1 aliphatic carbocycles. The van der Waals surface area contributed by atoms with Gasteiger partial charge >= 0.3 is 0 Å². The first-order valence-corrected chi connectivity index (χ1v) is 43.0. The maximum absolute atomic E-state index is 5.63. The van der Waals surface area contributed by atoms with Crippen LogP contribution in [0.15, 0.2) is 185 Å². The molecule has 0 radical (unpaired) electrons. The van der Waals surface area contributed by atoms with E-state index in [1.165, 1.54) is 51.5 Å². The number of aromatic amines is 2. The summed E-state index contributed by atoms with van der Waals surface area (Å²) in [5.74, 6) is 8.34. The SMILES string of the molecule is CC.CC.CC.CC.CC.CC.CC.CC.CC.CC.CC.CC.CC.CC(C)C1Cc2ccccc2C1.CC(C)c1[nH]nc2ccccc12.CC(C)c1cc2ccccc2o1.CC(C)c1ccc2[nH]ncc2c1.CC(C)c1ccc2c(c1)OCO2.CC(C)c1cnc2ccccn12.CC(C)c1nc2ccccc2o1. The summed E-state index contributed by atoms with van der Waals surface area (Å²) in [5.41, 5.74) is 14.3. The van der Waals surface area contributed by atoms with Gasteiger partial charge in [-0.1, -0.05) is 368 Å². The van der Waals surface area contributed by atoms with Gasteiger partial charge in [-0.05, 0) is 137 Å². The minimum Gasteiger partial charge on any atom is -0.461 e. The van der Waals surface area contributed by atoms with Crippen molar-refractivity contribution in [3.8, 4) is 11.5 Å². The zero-order chi connectivity index (χ0) is 85.9. The van der Waals surface area contributed by atoms with Gasteiger partial charge < -0.3 is 22.7 Å². The zero-order valence-corrected chi connectivity index (χ0v) is 77.9. The minimum atomic E-state index is 0.358. The minimum absolute atomic E-state index is 0.358. The Morgan fingerprint density at radius 1 is 0.391 bits per heavy atom. The maximum atomic E-state index is 5.63. The molecular formula is C99H165N7O4. The van der Waals surface area contributed by atoms with Crippen LogP contribution in [0.3, 0.4) is 0 Å². The number of nitrogens with one attached hydrogen (secondary N) is 2. The Bertz CT molecular complexity index is 3680. The molecule has 11 nitrogen and oxygen atoms in total. The number of aromatic nitrogens is 7. The van der Waals surface area contributed by atoms with E-state index in [2.05, 4.69) is 205 Å². The van der Waals surface area contributed by atoms with Crippen molar-refractivity contribution in [3.05, 3.63) is 222 Å². The number of benzene rings is 6. The van der Waals surface area contributed by atoms with Gasteiger partial charge in [0.2, 0.25) is 6.79 Å². The van der Waals surface area contributed by atoms with E-state index in [0.29, 0.717) is 42.3 Å². The van der Waals surface area contributed by atoms with E-state index in [-0.39, 0.29) is 0 Å². The van der Waals surface area contributed by atoms with Crippen LogP contribution in [0.25, 0.3) is 49.5 Å². The van der Waals surface area contributed by atoms with E-state index in [9.17, 15) is 0 Å². The number of nitrogens with zero attached hydrogens (tertiary/aromatic N) is 5. The number of ether oxygens (including phenoxy) is 2. The molecule has 0 bridgehead atoms. The van der Waals surface area contributed by atoms with Gasteiger partial charge in [0, 0.05) is 51.8 Å². The Hall–Kier alpha value is -8.44. The zero-order valence-electron chi connectivity index (χ0n) is 77.9. The van der Waals surface area contributed by atoms with Crippen molar-refractivity contribution >= 4 is 49.5 Å². The molecular weight excluding hydrogens is 1350 g/mol.